The number of nitrogens with one attached hydrogen (secondary N) is 1. The Bertz CT molecular complexity index is 1100. The lowest BCUT2D eigenvalue weighted by Crippen LogP contribution is -2.35. The summed E-state index contributed by atoms with van der Waals surface area (Å²) in [5.74, 6) is 0.0898. The predicted molar refractivity (Wildman–Crippen MR) is 113 cm³/mol. The Morgan fingerprint density at radius 2 is 1.79 bits per heavy atom. The van der Waals surface area contributed by atoms with Crippen LogP contribution in [0.1, 0.15) is 17.8 Å². The van der Waals surface area contributed by atoms with Crippen LogP contribution in [-0.4, -0.2) is 39.9 Å². The van der Waals surface area contributed by atoms with Gasteiger partial charge >= 0.3 is 0 Å². The lowest BCUT2D eigenvalue weighted by Gasteiger charge is -2.17. The van der Waals surface area contributed by atoms with E-state index in [2.05, 4.69) is 10.3 Å². The molecule has 0 saturated carbocycles. The summed E-state index contributed by atoms with van der Waals surface area (Å²) in [4.78, 5) is 42.9. The fourth-order valence-electron chi connectivity index (χ4n) is 3.04. The Morgan fingerprint density at radius 3 is 2.52 bits per heavy atom. The van der Waals surface area contributed by atoms with Gasteiger partial charge in [-0.05, 0) is 31.2 Å². The van der Waals surface area contributed by atoms with Crippen molar-refractivity contribution in [1.82, 2.24) is 14.5 Å². The molecule has 7 heteroatoms. The van der Waals surface area contributed by atoms with Crippen molar-refractivity contribution in [3.05, 3.63) is 70.3 Å². The minimum Gasteiger partial charge on any atom is -0.336 e. The van der Waals surface area contributed by atoms with Gasteiger partial charge in [-0.25, -0.2) is 4.98 Å². The van der Waals surface area contributed by atoms with E-state index in [1.807, 2.05) is 37.3 Å². The molecule has 0 aliphatic carbocycles. The number of nitrogens with zero attached hydrogens (tertiary/aromatic N) is 3. The molecule has 1 heterocycles. The first-order chi connectivity index (χ1) is 13.8. The standard InChI is InChI=1S/C22H24N4O3/c1-15-8-10-16(11-9-15)23-20(27)14-25(2)21(28)13-12-19-24-18-7-5-4-6-17(18)22(29)26(19)3/h4-11H,12-14H2,1-3H3,(H,23,27). The fourth-order valence-corrected chi connectivity index (χ4v) is 3.04. The molecule has 3 rings (SSSR count). The molecule has 3 aromatic rings. The van der Waals surface area contributed by atoms with Crippen LogP contribution in [0.4, 0.5) is 5.69 Å². The van der Waals surface area contributed by atoms with Crippen LogP contribution >= 0.6 is 0 Å². The van der Waals surface area contributed by atoms with E-state index in [-0.39, 0.29) is 30.3 Å². The summed E-state index contributed by atoms with van der Waals surface area (Å²) in [6, 6.07) is 14.6. The summed E-state index contributed by atoms with van der Waals surface area (Å²) in [5.41, 5.74) is 2.27. The number of carbonyl (C=O) groups is 2. The number of aryl methyl sites for hydroxylation is 2. The smallest absolute Gasteiger partial charge is 0.261 e. The van der Waals surface area contributed by atoms with Gasteiger partial charge in [-0.2, -0.15) is 0 Å². The third-order valence-corrected chi connectivity index (χ3v) is 4.78. The van der Waals surface area contributed by atoms with Crippen molar-refractivity contribution in [3.8, 4) is 0 Å². The molecule has 2 amide bonds. The van der Waals surface area contributed by atoms with Gasteiger partial charge in [-0.1, -0.05) is 29.8 Å². The molecule has 0 aliphatic heterocycles. The quantitative estimate of drug-likeness (QED) is 0.697. The zero-order valence-electron chi connectivity index (χ0n) is 16.8. The van der Waals surface area contributed by atoms with E-state index in [9.17, 15) is 14.4 Å². The number of fused-ring (bicyclic) bond motifs is 1. The van der Waals surface area contributed by atoms with E-state index < -0.39 is 0 Å². The number of aromatic nitrogens is 2. The second-order valence-electron chi connectivity index (χ2n) is 7.07. The molecule has 2 aromatic carbocycles. The van der Waals surface area contributed by atoms with Gasteiger partial charge in [0.1, 0.15) is 5.82 Å². The first-order valence-electron chi connectivity index (χ1n) is 9.40. The van der Waals surface area contributed by atoms with E-state index in [0.717, 1.165) is 5.56 Å². The normalized spacial score (nSPS) is 10.7. The van der Waals surface area contributed by atoms with Crippen molar-refractivity contribution in [2.24, 2.45) is 7.05 Å². The second-order valence-corrected chi connectivity index (χ2v) is 7.07. The number of benzene rings is 2. The van der Waals surface area contributed by atoms with Crippen LogP contribution in [0.3, 0.4) is 0 Å². The number of hydrogen-bond acceptors (Lipinski definition) is 4. The van der Waals surface area contributed by atoms with Gasteiger partial charge in [-0.3, -0.25) is 19.0 Å². The number of rotatable bonds is 6. The minimum atomic E-state index is -0.263. The van der Waals surface area contributed by atoms with E-state index >= 15 is 0 Å². The Morgan fingerprint density at radius 1 is 1.10 bits per heavy atom. The largest absolute Gasteiger partial charge is 0.336 e. The topological polar surface area (TPSA) is 84.3 Å². The van der Waals surface area contributed by atoms with E-state index in [1.165, 1.54) is 9.47 Å². The van der Waals surface area contributed by atoms with Gasteiger partial charge in [0.05, 0.1) is 17.4 Å². The molecule has 0 bridgehead atoms. The van der Waals surface area contributed by atoms with E-state index in [4.69, 9.17) is 0 Å². The summed E-state index contributed by atoms with van der Waals surface area (Å²) in [6.45, 7) is 1.93. The Hall–Kier alpha value is -3.48. The number of likely N-dealkylation sites (N-methyl/N-ethyl adjacent to an activating group) is 1. The summed E-state index contributed by atoms with van der Waals surface area (Å²) >= 11 is 0. The van der Waals surface area contributed by atoms with Gasteiger partial charge in [0.25, 0.3) is 5.56 Å². The average molecular weight is 392 g/mol. The monoisotopic (exact) mass is 392 g/mol. The van der Waals surface area contributed by atoms with Crippen molar-refractivity contribution < 1.29 is 9.59 Å². The molecule has 0 aliphatic rings. The molecule has 0 atom stereocenters. The van der Waals surface area contributed by atoms with Crippen LogP contribution in [0, 0.1) is 6.92 Å². The van der Waals surface area contributed by atoms with Crippen LogP contribution in [0.5, 0.6) is 0 Å². The van der Waals surface area contributed by atoms with Crippen molar-refractivity contribution in [3.63, 3.8) is 0 Å². The zero-order chi connectivity index (χ0) is 21.0. The maximum Gasteiger partial charge on any atom is 0.261 e. The highest BCUT2D eigenvalue weighted by Crippen LogP contribution is 2.10. The third-order valence-electron chi connectivity index (χ3n) is 4.78. The number of amides is 2. The SMILES string of the molecule is Cc1ccc(NC(=O)CN(C)C(=O)CCc2nc3ccccc3c(=O)n2C)cc1. The molecular formula is C22H24N4O3. The van der Waals surface area contributed by atoms with Gasteiger partial charge in [0.15, 0.2) is 0 Å². The van der Waals surface area contributed by atoms with Crippen molar-refractivity contribution >= 4 is 28.4 Å². The van der Waals surface area contributed by atoms with Crippen LogP contribution in [0.15, 0.2) is 53.3 Å². The molecule has 0 saturated heterocycles. The Labute approximate surface area is 169 Å². The highest BCUT2D eigenvalue weighted by molar-refractivity contribution is 5.94. The third kappa shape index (κ3) is 4.87. The van der Waals surface area contributed by atoms with Crippen LogP contribution in [0.25, 0.3) is 10.9 Å². The summed E-state index contributed by atoms with van der Waals surface area (Å²) in [6.07, 6.45) is 0.478. The minimum absolute atomic E-state index is 0.0449. The first-order valence-corrected chi connectivity index (χ1v) is 9.40. The van der Waals surface area contributed by atoms with E-state index in [0.29, 0.717) is 28.8 Å². The van der Waals surface area contributed by atoms with Gasteiger partial charge in [0.2, 0.25) is 11.8 Å². The maximum absolute atomic E-state index is 12.4. The predicted octanol–water partition coefficient (Wildman–Crippen LogP) is 2.27. The van der Waals surface area contributed by atoms with Crippen LogP contribution in [-0.2, 0) is 23.1 Å². The number of hydrogen-bond donors (Lipinski definition) is 1. The summed E-state index contributed by atoms with van der Waals surface area (Å²) in [7, 11) is 3.24. The molecule has 29 heavy (non-hydrogen) atoms. The van der Waals surface area contributed by atoms with Crippen LogP contribution < -0.4 is 10.9 Å². The summed E-state index contributed by atoms with van der Waals surface area (Å²) in [5, 5.41) is 3.33. The molecule has 7 nitrogen and oxygen atoms in total. The van der Waals surface area contributed by atoms with Crippen LogP contribution in [0.2, 0.25) is 0 Å². The highest BCUT2D eigenvalue weighted by Gasteiger charge is 2.15. The Balaban J connectivity index is 1.59. The molecule has 0 spiro atoms. The first kappa shape index (κ1) is 20.3. The van der Waals surface area contributed by atoms with E-state index in [1.54, 1.807) is 32.3 Å². The lowest BCUT2D eigenvalue weighted by atomic mass is 10.2. The summed E-state index contributed by atoms with van der Waals surface area (Å²) < 4.78 is 1.47. The molecule has 0 fully saturated rings. The Kier molecular flexibility index (Phi) is 6.07. The van der Waals surface area contributed by atoms with Crippen molar-refractivity contribution in [2.75, 3.05) is 18.9 Å². The number of anilines is 1. The van der Waals surface area contributed by atoms with Crippen molar-refractivity contribution in [2.45, 2.75) is 19.8 Å². The molecule has 0 radical (unpaired) electrons. The molecular weight excluding hydrogens is 368 g/mol. The number of para-hydroxylation sites is 1. The maximum atomic E-state index is 12.4. The molecule has 150 valence electrons. The molecule has 0 unspecified atom stereocenters. The highest BCUT2D eigenvalue weighted by atomic mass is 16.2. The second kappa shape index (κ2) is 8.68. The van der Waals surface area contributed by atoms with Gasteiger partial charge < -0.3 is 10.2 Å². The lowest BCUT2D eigenvalue weighted by molar-refractivity contribution is -0.133. The molecule has 1 N–H and O–H groups in total. The zero-order valence-corrected chi connectivity index (χ0v) is 16.8. The fraction of sp³-hybridized carbons (Fsp3) is 0.273. The number of carbonyl (C=O) groups excluding carboxylic acids is 2. The van der Waals surface area contributed by atoms with Crippen molar-refractivity contribution in [1.29, 1.82) is 0 Å². The van der Waals surface area contributed by atoms with Gasteiger partial charge in [-0.15, -0.1) is 0 Å². The average Bonchev–Trinajstić information content (AvgIpc) is 2.71. The van der Waals surface area contributed by atoms with Gasteiger partial charge in [0, 0.05) is 32.6 Å². The molecule has 1 aromatic heterocycles.